The maximum absolute atomic E-state index is 12.4. The number of nitrogens with one attached hydrogen (secondary N) is 2. The second-order valence-electron chi connectivity index (χ2n) is 6.02. The van der Waals surface area contributed by atoms with E-state index in [0.29, 0.717) is 23.0 Å². The number of fused-ring (bicyclic) bond motifs is 1. The number of nitrogens with zero attached hydrogens (tertiary/aromatic N) is 3. The zero-order chi connectivity index (χ0) is 18.1. The average Bonchev–Trinajstić information content (AvgIpc) is 3.04. The van der Waals surface area contributed by atoms with Crippen LogP contribution in [0.4, 0.5) is 11.9 Å². The molecule has 1 amide bonds. The quantitative estimate of drug-likeness (QED) is 0.733. The number of anilines is 2. The molecule has 26 heavy (non-hydrogen) atoms. The predicted octanol–water partition coefficient (Wildman–Crippen LogP) is 4.10. The van der Waals surface area contributed by atoms with Gasteiger partial charge in [0.1, 0.15) is 0 Å². The predicted molar refractivity (Wildman–Crippen MR) is 101 cm³/mol. The topological polar surface area (TPSA) is 71.8 Å². The Bertz CT molecular complexity index is 965. The molecule has 2 heterocycles. The van der Waals surface area contributed by atoms with Gasteiger partial charge in [-0.05, 0) is 29.8 Å². The summed E-state index contributed by atoms with van der Waals surface area (Å²) in [4.78, 5) is 16.8. The summed E-state index contributed by atoms with van der Waals surface area (Å²) in [5.74, 6) is 0.504. The van der Waals surface area contributed by atoms with E-state index in [1.807, 2.05) is 30.3 Å². The van der Waals surface area contributed by atoms with Gasteiger partial charge >= 0.3 is 0 Å². The number of hydrogen-bond acceptors (Lipinski definition) is 4. The van der Waals surface area contributed by atoms with Crippen molar-refractivity contribution >= 4 is 29.4 Å². The van der Waals surface area contributed by atoms with E-state index in [4.69, 9.17) is 11.6 Å². The van der Waals surface area contributed by atoms with Crippen LogP contribution in [0.25, 0.3) is 0 Å². The molecule has 0 saturated carbocycles. The monoisotopic (exact) mass is 365 g/mol. The minimum absolute atomic E-state index is 0.0198. The number of allylic oxidation sites excluding steroid dienone is 1. The second-order valence-corrected chi connectivity index (χ2v) is 6.46. The molecule has 1 aromatic heterocycles. The molecule has 0 fully saturated rings. The van der Waals surface area contributed by atoms with E-state index in [1.165, 1.54) is 0 Å². The third-order valence-electron chi connectivity index (χ3n) is 4.17. The van der Waals surface area contributed by atoms with E-state index in [-0.39, 0.29) is 17.9 Å². The van der Waals surface area contributed by atoms with Gasteiger partial charge in [0.05, 0.1) is 6.04 Å². The van der Waals surface area contributed by atoms with Crippen LogP contribution in [0.5, 0.6) is 0 Å². The number of carbonyl (C=O) groups excluding carboxylic acids is 1. The van der Waals surface area contributed by atoms with Crippen LogP contribution in [0.1, 0.15) is 28.4 Å². The molecule has 1 aliphatic heterocycles. The summed E-state index contributed by atoms with van der Waals surface area (Å²) in [6.07, 6.45) is 0.699. The molecule has 3 aromatic rings. The van der Waals surface area contributed by atoms with E-state index < -0.39 is 0 Å². The molecule has 2 aromatic carbocycles. The van der Waals surface area contributed by atoms with Crippen LogP contribution >= 0.6 is 11.6 Å². The van der Waals surface area contributed by atoms with Crippen molar-refractivity contribution in [2.45, 2.75) is 12.5 Å². The first kappa shape index (κ1) is 16.4. The van der Waals surface area contributed by atoms with Crippen LogP contribution in [0.2, 0.25) is 5.02 Å². The fraction of sp³-hybridized carbons (Fsp3) is 0.105. The third-order valence-corrected chi connectivity index (χ3v) is 4.42. The Morgan fingerprint density at radius 3 is 2.65 bits per heavy atom. The molecule has 0 bridgehead atoms. The molecule has 1 aliphatic rings. The highest BCUT2D eigenvalue weighted by Gasteiger charge is 2.26. The second kappa shape index (κ2) is 6.65. The SMILES string of the molecule is C=C1C[C@@H](c2ccccc2)n2nc(NC(=O)c3ccc(Cl)cc3)nc2N1. The fourth-order valence-electron chi connectivity index (χ4n) is 2.92. The lowest BCUT2D eigenvalue weighted by Gasteiger charge is -2.26. The molecule has 6 nitrogen and oxygen atoms in total. The lowest BCUT2D eigenvalue weighted by molar-refractivity contribution is 0.102. The molecule has 0 spiro atoms. The van der Waals surface area contributed by atoms with Crippen molar-refractivity contribution in [1.29, 1.82) is 0 Å². The Balaban J connectivity index is 1.61. The molecular weight excluding hydrogens is 350 g/mol. The van der Waals surface area contributed by atoms with Gasteiger partial charge in [-0.15, -0.1) is 5.10 Å². The van der Waals surface area contributed by atoms with Gasteiger partial charge in [-0.2, -0.15) is 4.98 Å². The fourth-order valence-corrected chi connectivity index (χ4v) is 3.04. The minimum Gasteiger partial charge on any atom is -0.329 e. The van der Waals surface area contributed by atoms with Gasteiger partial charge in [-0.1, -0.05) is 48.5 Å². The lowest BCUT2D eigenvalue weighted by Crippen LogP contribution is -2.23. The van der Waals surface area contributed by atoms with Gasteiger partial charge in [-0.25, -0.2) is 4.68 Å². The van der Waals surface area contributed by atoms with Crippen LogP contribution < -0.4 is 10.6 Å². The molecular formula is C19H16ClN5O. The zero-order valence-corrected chi connectivity index (χ0v) is 14.6. The van der Waals surface area contributed by atoms with E-state index in [9.17, 15) is 4.79 Å². The minimum atomic E-state index is -0.292. The Kier molecular flexibility index (Phi) is 4.18. The summed E-state index contributed by atoms with van der Waals surface area (Å²) in [6.45, 7) is 4.02. The molecule has 7 heteroatoms. The molecule has 130 valence electrons. The van der Waals surface area contributed by atoms with Crippen molar-refractivity contribution in [3.8, 4) is 0 Å². The van der Waals surface area contributed by atoms with Crippen LogP contribution in [-0.4, -0.2) is 20.7 Å². The van der Waals surface area contributed by atoms with E-state index in [0.717, 1.165) is 11.3 Å². The molecule has 0 radical (unpaired) electrons. The first-order chi connectivity index (χ1) is 12.6. The maximum atomic E-state index is 12.4. The number of benzene rings is 2. The van der Waals surface area contributed by atoms with E-state index in [2.05, 4.69) is 27.3 Å². The first-order valence-corrected chi connectivity index (χ1v) is 8.51. The van der Waals surface area contributed by atoms with Crippen molar-refractivity contribution in [2.75, 3.05) is 10.6 Å². The van der Waals surface area contributed by atoms with Crippen molar-refractivity contribution in [3.05, 3.63) is 83.0 Å². The Hall–Kier alpha value is -3.12. The van der Waals surface area contributed by atoms with Gasteiger partial charge < -0.3 is 5.32 Å². The van der Waals surface area contributed by atoms with Gasteiger partial charge in [0.15, 0.2) is 0 Å². The van der Waals surface area contributed by atoms with E-state index >= 15 is 0 Å². The third kappa shape index (κ3) is 3.19. The van der Waals surface area contributed by atoms with Gasteiger partial charge in [0.25, 0.3) is 11.9 Å². The average molecular weight is 366 g/mol. The summed E-state index contributed by atoms with van der Waals surface area (Å²) in [5, 5.41) is 10.9. The Morgan fingerprint density at radius 1 is 1.19 bits per heavy atom. The molecule has 2 N–H and O–H groups in total. The Morgan fingerprint density at radius 2 is 1.92 bits per heavy atom. The molecule has 1 atom stereocenters. The normalized spacial score (nSPS) is 15.9. The Labute approximate surface area is 155 Å². The van der Waals surface area contributed by atoms with Crippen molar-refractivity contribution in [2.24, 2.45) is 0 Å². The summed E-state index contributed by atoms with van der Waals surface area (Å²) in [7, 11) is 0. The standard InChI is InChI=1S/C19H16ClN5O/c1-12-11-16(13-5-3-2-4-6-13)25-19(21-12)23-18(24-25)22-17(26)14-7-9-15(20)10-8-14/h2-10,16H,1,11H2,(H2,21,22,23,24,26)/t16-/m0/s1. The highest BCUT2D eigenvalue weighted by atomic mass is 35.5. The summed E-state index contributed by atoms with van der Waals surface area (Å²) in [5.41, 5.74) is 2.45. The summed E-state index contributed by atoms with van der Waals surface area (Å²) < 4.78 is 1.78. The number of amides is 1. The van der Waals surface area contributed by atoms with Crippen LogP contribution in [0.15, 0.2) is 66.9 Å². The number of halogens is 1. The van der Waals surface area contributed by atoms with Crippen molar-refractivity contribution < 1.29 is 4.79 Å². The summed E-state index contributed by atoms with van der Waals surface area (Å²) in [6, 6.07) is 16.6. The van der Waals surface area contributed by atoms with Crippen LogP contribution in [-0.2, 0) is 0 Å². The van der Waals surface area contributed by atoms with Crippen LogP contribution in [0, 0.1) is 0 Å². The number of carbonyl (C=O) groups is 1. The van der Waals surface area contributed by atoms with Gasteiger partial charge in [0, 0.05) is 22.7 Å². The number of rotatable bonds is 3. The van der Waals surface area contributed by atoms with E-state index in [1.54, 1.807) is 28.9 Å². The first-order valence-electron chi connectivity index (χ1n) is 8.13. The smallest absolute Gasteiger partial charge is 0.258 e. The molecule has 0 saturated heterocycles. The molecule has 0 aliphatic carbocycles. The van der Waals surface area contributed by atoms with Gasteiger partial charge in [-0.3, -0.25) is 10.1 Å². The van der Waals surface area contributed by atoms with Crippen molar-refractivity contribution in [1.82, 2.24) is 14.8 Å². The van der Waals surface area contributed by atoms with Gasteiger partial charge in [0.2, 0.25) is 5.95 Å². The van der Waals surface area contributed by atoms with Crippen molar-refractivity contribution in [3.63, 3.8) is 0 Å². The maximum Gasteiger partial charge on any atom is 0.258 e. The number of hydrogen-bond donors (Lipinski definition) is 2. The molecule has 4 rings (SSSR count). The number of aromatic nitrogens is 3. The lowest BCUT2D eigenvalue weighted by atomic mass is 10.0. The zero-order valence-electron chi connectivity index (χ0n) is 13.8. The highest BCUT2D eigenvalue weighted by Crippen LogP contribution is 2.32. The van der Waals surface area contributed by atoms with Crippen LogP contribution in [0.3, 0.4) is 0 Å². The molecule has 0 unspecified atom stereocenters. The highest BCUT2D eigenvalue weighted by molar-refractivity contribution is 6.30. The summed E-state index contributed by atoms with van der Waals surface area (Å²) >= 11 is 5.86. The largest absolute Gasteiger partial charge is 0.329 e.